The summed E-state index contributed by atoms with van der Waals surface area (Å²) in [5.41, 5.74) is 2.47. The fourth-order valence-electron chi connectivity index (χ4n) is 4.32. The molecular weight excluding hydrogens is 502 g/mol. The first-order valence-electron chi connectivity index (χ1n) is 13.4. The summed E-state index contributed by atoms with van der Waals surface area (Å²) >= 11 is 0. The van der Waals surface area contributed by atoms with Crippen molar-refractivity contribution >= 4 is 27.5 Å². The zero-order chi connectivity index (χ0) is 28.1. The molecule has 0 saturated carbocycles. The predicted molar refractivity (Wildman–Crippen MR) is 153 cm³/mol. The summed E-state index contributed by atoms with van der Waals surface area (Å²) in [6, 6.07) is 14.2. The molecule has 0 aliphatic carbocycles. The Balaban J connectivity index is 2.24. The van der Waals surface area contributed by atoms with Gasteiger partial charge in [0.15, 0.2) is 0 Å². The number of hydrogen-bond donors (Lipinski definition) is 1. The number of nitrogens with one attached hydrogen (secondary N) is 1. The second-order valence-electron chi connectivity index (χ2n) is 9.36. The number of benzene rings is 2. The van der Waals surface area contributed by atoms with E-state index in [1.165, 1.54) is 4.31 Å². The second kappa shape index (κ2) is 15.4. The van der Waals surface area contributed by atoms with Crippen LogP contribution in [-0.4, -0.2) is 57.1 Å². The molecule has 0 bridgehead atoms. The molecule has 0 spiro atoms. The lowest BCUT2D eigenvalue weighted by Crippen LogP contribution is -2.49. The lowest BCUT2D eigenvalue weighted by molar-refractivity contribution is -0.141. The van der Waals surface area contributed by atoms with Crippen molar-refractivity contribution in [2.75, 3.05) is 30.3 Å². The van der Waals surface area contributed by atoms with Crippen LogP contribution in [0.3, 0.4) is 0 Å². The van der Waals surface area contributed by atoms with E-state index in [9.17, 15) is 18.0 Å². The van der Waals surface area contributed by atoms with E-state index in [1.54, 1.807) is 29.2 Å². The van der Waals surface area contributed by atoms with Gasteiger partial charge >= 0.3 is 0 Å². The number of ether oxygens (including phenoxy) is 1. The minimum atomic E-state index is -3.61. The Bertz CT molecular complexity index is 1150. The van der Waals surface area contributed by atoms with Gasteiger partial charge in [0.25, 0.3) is 0 Å². The van der Waals surface area contributed by atoms with Crippen LogP contribution < -0.4 is 14.4 Å². The summed E-state index contributed by atoms with van der Waals surface area (Å²) in [4.78, 5) is 28.3. The molecule has 0 unspecified atom stereocenters. The minimum Gasteiger partial charge on any atom is -0.492 e. The second-order valence-corrected chi connectivity index (χ2v) is 11.3. The number of rotatable bonds is 16. The summed E-state index contributed by atoms with van der Waals surface area (Å²) in [6.45, 7) is 9.19. The molecule has 0 heterocycles. The highest BCUT2D eigenvalue weighted by Crippen LogP contribution is 2.30. The zero-order valence-corrected chi connectivity index (χ0v) is 24.2. The van der Waals surface area contributed by atoms with Crippen LogP contribution in [0.1, 0.15) is 64.0 Å². The van der Waals surface area contributed by atoms with Crippen molar-refractivity contribution in [2.45, 2.75) is 72.4 Å². The summed E-state index contributed by atoms with van der Waals surface area (Å²) in [6.07, 6.45) is 3.87. The molecule has 2 aromatic carbocycles. The molecule has 1 atom stereocenters. The van der Waals surface area contributed by atoms with Crippen LogP contribution in [0, 0.1) is 6.92 Å². The smallest absolute Gasteiger partial charge is 0.242 e. The number of carbonyl (C=O) groups is 2. The van der Waals surface area contributed by atoms with Crippen molar-refractivity contribution in [2.24, 2.45) is 0 Å². The largest absolute Gasteiger partial charge is 0.492 e. The van der Waals surface area contributed by atoms with Gasteiger partial charge in [-0.3, -0.25) is 13.9 Å². The molecule has 0 saturated heterocycles. The van der Waals surface area contributed by atoms with Crippen molar-refractivity contribution < 1.29 is 22.7 Å². The number of nitrogens with zero attached hydrogens (tertiary/aromatic N) is 2. The lowest BCUT2D eigenvalue weighted by atomic mass is 10.1. The average Bonchev–Trinajstić information content (AvgIpc) is 2.87. The van der Waals surface area contributed by atoms with Crippen molar-refractivity contribution in [3.63, 3.8) is 0 Å². The highest BCUT2D eigenvalue weighted by molar-refractivity contribution is 7.92. The lowest BCUT2D eigenvalue weighted by Gasteiger charge is -2.31. The van der Waals surface area contributed by atoms with Gasteiger partial charge in [0.2, 0.25) is 21.8 Å². The fourth-order valence-corrected chi connectivity index (χ4v) is 5.29. The van der Waals surface area contributed by atoms with Crippen LogP contribution in [0.25, 0.3) is 0 Å². The number of amides is 2. The Morgan fingerprint density at radius 3 is 2.32 bits per heavy atom. The quantitative estimate of drug-likeness (QED) is 0.310. The van der Waals surface area contributed by atoms with Gasteiger partial charge in [0, 0.05) is 26.1 Å². The molecular formula is C29H43N3O5S. The maximum Gasteiger partial charge on any atom is 0.242 e. The summed E-state index contributed by atoms with van der Waals surface area (Å²) in [5, 5.41) is 2.97. The van der Waals surface area contributed by atoms with Crippen molar-refractivity contribution in [3.8, 4) is 5.75 Å². The van der Waals surface area contributed by atoms with Gasteiger partial charge in [-0.25, -0.2) is 8.42 Å². The van der Waals surface area contributed by atoms with Crippen molar-refractivity contribution in [1.82, 2.24) is 10.2 Å². The third kappa shape index (κ3) is 9.04. The number of unbranched alkanes of at least 4 members (excludes halogenated alkanes) is 1. The normalized spacial score (nSPS) is 12.0. The Morgan fingerprint density at radius 1 is 1.00 bits per heavy atom. The molecule has 0 aromatic heterocycles. The minimum absolute atomic E-state index is 0.105. The van der Waals surface area contributed by atoms with Crippen LogP contribution >= 0.6 is 0 Å². The Morgan fingerprint density at radius 2 is 1.68 bits per heavy atom. The molecule has 0 fully saturated rings. The first-order chi connectivity index (χ1) is 18.1. The number of carbonyl (C=O) groups excluding carboxylic acids is 2. The van der Waals surface area contributed by atoms with Gasteiger partial charge in [0.1, 0.15) is 11.8 Å². The third-order valence-corrected chi connectivity index (χ3v) is 7.58. The van der Waals surface area contributed by atoms with Crippen LogP contribution in [0.15, 0.2) is 48.5 Å². The molecule has 2 aromatic rings. The first kappa shape index (κ1) is 31.1. The Hall–Kier alpha value is -3.07. The van der Waals surface area contributed by atoms with Gasteiger partial charge in [0.05, 0.1) is 18.6 Å². The van der Waals surface area contributed by atoms with Crippen molar-refractivity contribution in [3.05, 3.63) is 59.7 Å². The SMILES string of the molecule is CCCCNC(=O)[C@H](CC)N(Cc1ccccc1C)C(=O)CCCN(c1ccccc1OCC)S(C)(=O)=O. The summed E-state index contributed by atoms with van der Waals surface area (Å²) in [7, 11) is -3.61. The number of hydrogen-bond acceptors (Lipinski definition) is 5. The Labute approximate surface area is 228 Å². The van der Waals surface area contributed by atoms with Crippen LogP contribution in [0.4, 0.5) is 5.69 Å². The van der Waals surface area contributed by atoms with E-state index in [0.29, 0.717) is 44.0 Å². The fraction of sp³-hybridized carbons (Fsp3) is 0.517. The van der Waals surface area contributed by atoms with Gasteiger partial charge in [-0.2, -0.15) is 0 Å². The number of sulfonamides is 1. The van der Waals surface area contributed by atoms with E-state index in [0.717, 1.165) is 30.2 Å². The van der Waals surface area contributed by atoms with Crippen molar-refractivity contribution in [1.29, 1.82) is 0 Å². The molecule has 210 valence electrons. The summed E-state index contributed by atoms with van der Waals surface area (Å²) in [5.74, 6) is 0.131. The Kier molecular flexibility index (Phi) is 12.6. The number of anilines is 1. The van der Waals surface area contributed by atoms with E-state index in [1.807, 2.05) is 45.0 Å². The molecule has 2 rings (SSSR count). The van der Waals surface area contributed by atoms with E-state index in [4.69, 9.17) is 4.74 Å². The van der Waals surface area contributed by atoms with Crippen LogP contribution in [0.5, 0.6) is 5.75 Å². The standard InChI is InChI=1S/C29H43N3O5S/c1-6-9-20-30-29(34)25(7-2)31(22-24-16-11-10-15-23(24)4)28(33)19-14-21-32(38(5,35)36)26-17-12-13-18-27(26)37-8-3/h10-13,15-18,25H,6-9,14,19-22H2,1-5H3,(H,30,34)/t25-/m0/s1. The van der Waals surface area contributed by atoms with E-state index in [2.05, 4.69) is 12.2 Å². The molecule has 0 aliphatic rings. The molecule has 2 amide bonds. The molecule has 0 aliphatic heterocycles. The molecule has 9 heteroatoms. The summed E-state index contributed by atoms with van der Waals surface area (Å²) < 4.78 is 32.3. The number of para-hydroxylation sites is 2. The average molecular weight is 546 g/mol. The topological polar surface area (TPSA) is 96.0 Å². The van der Waals surface area contributed by atoms with Gasteiger partial charge in [-0.1, -0.05) is 56.7 Å². The van der Waals surface area contributed by atoms with Crippen LogP contribution in [-0.2, 0) is 26.2 Å². The zero-order valence-electron chi connectivity index (χ0n) is 23.4. The predicted octanol–water partition coefficient (Wildman–Crippen LogP) is 4.66. The van der Waals surface area contributed by atoms with E-state index < -0.39 is 16.1 Å². The highest BCUT2D eigenvalue weighted by Gasteiger charge is 2.29. The number of aryl methyl sites for hydroxylation is 1. The monoisotopic (exact) mass is 545 g/mol. The first-order valence-corrected chi connectivity index (χ1v) is 15.3. The molecule has 0 radical (unpaired) electrons. The highest BCUT2D eigenvalue weighted by atomic mass is 32.2. The van der Waals surface area contributed by atoms with E-state index in [-0.39, 0.29) is 24.8 Å². The van der Waals surface area contributed by atoms with Crippen LogP contribution in [0.2, 0.25) is 0 Å². The molecule has 38 heavy (non-hydrogen) atoms. The van der Waals surface area contributed by atoms with Gasteiger partial charge in [-0.05, 0) is 56.4 Å². The maximum atomic E-state index is 13.6. The van der Waals surface area contributed by atoms with Gasteiger partial charge < -0.3 is 15.0 Å². The third-order valence-electron chi connectivity index (χ3n) is 6.40. The molecule has 1 N–H and O–H groups in total. The maximum absolute atomic E-state index is 13.6. The van der Waals surface area contributed by atoms with Gasteiger partial charge in [-0.15, -0.1) is 0 Å². The van der Waals surface area contributed by atoms with E-state index >= 15 is 0 Å². The molecule has 8 nitrogen and oxygen atoms in total.